The van der Waals surface area contributed by atoms with Gasteiger partial charge in [0.25, 0.3) is 0 Å². The molecule has 0 aromatic heterocycles. The van der Waals surface area contributed by atoms with Crippen LogP contribution in [0, 0.1) is 0 Å². The van der Waals surface area contributed by atoms with Crippen LogP contribution in [0.3, 0.4) is 0 Å². The van der Waals surface area contributed by atoms with Crippen molar-refractivity contribution in [3.8, 4) is 0 Å². The SMILES string of the molecule is C/C=C\N=C(/C)CC(C)N. The molecule has 2 N–H and O–H groups in total. The molecule has 58 valence electrons. The molecule has 0 amide bonds. The van der Waals surface area contributed by atoms with Crippen molar-refractivity contribution in [2.75, 3.05) is 0 Å². The highest BCUT2D eigenvalue weighted by molar-refractivity contribution is 5.82. The molecular weight excluding hydrogens is 124 g/mol. The Kier molecular flexibility index (Phi) is 4.85. The van der Waals surface area contributed by atoms with E-state index in [1.54, 1.807) is 6.20 Å². The third-order valence-electron chi connectivity index (χ3n) is 1.06. The van der Waals surface area contributed by atoms with Crippen molar-refractivity contribution < 1.29 is 0 Å². The van der Waals surface area contributed by atoms with Crippen molar-refractivity contribution in [3.05, 3.63) is 12.3 Å². The van der Waals surface area contributed by atoms with Gasteiger partial charge in [0.15, 0.2) is 0 Å². The molecule has 0 aliphatic rings. The topological polar surface area (TPSA) is 38.4 Å². The zero-order valence-electron chi connectivity index (χ0n) is 6.96. The number of aliphatic imine (C=N–C) groups is 1. The van der Waals surface area contributed by atoms with Crippen LogP contribution in [0.25, 0.3) is 0 Å². The first-order valence-electron chi connectivity index (χ1n) is 3.56. The summed E-state index contributed by atoms with van der Waals surface area (Å²) in [7, 11) is 0. The molecule has 0 radical (unpaired) electrons. The van der Waals surface area contributed by atoms with Gasteiger partial charge >= 0.3 is 0 Å². The Morgan fingerprint density at radius 1 is 1.70 bits per heavy atom. The van der Waals surface area contributed by atoms with Crippen molar-refractivity contribution in [1.82, 2.24) is 0 Å². The maximum absolute atomic E-state index is 5.56. The van der Waals surface area contributed by atoms with Crippen molar-refractivity contribution >= 4 is 5.71 Å². The summed E-state index contributed by atoms with van der Waals surface area (Å²) in [6.45, 7) is 5.92. The van der Waals surface area contributed by atoms with Crippen molar-refractivity contribution in [2.24, 2.45) is 10.7 Å². The summed E-state index contributed by atoms with van der Waals surface area (Å²) < 4.78 is 0. The molecule has 0 aromatic carbocycles. The van der Waals surface area contributed by atoms with Crippen molar-refractivity contribution in [2.45, 2.75) is 33.2 Å². The van der Waals surface area contributed by atoms with Gasteiger partial charge in [-0.2, -0.15) is 0 Å². The molecule has 10 heavy (non-hydrogen) atoms. The van der Waals surface area contributed by atoms with Crippen LogP contribution in [-0.2, 0) is 0 Å². The van der Waals surface area contributed by atoms with E-state index in [4.69, 9.17) is 5.73 Å². The highest BCUT2D eigenvalue weighted by Crippen LogP contribution is 1.91. The van der Waals surface area contributed by atoms with Crippen LogP contribution in [0.1, 0.15) is 27.2 Å². The van der Waals surface area contributed by atoms with Gasteiger partial charge in [0.05, 0.1) is 0 Å². The number of rotatable bonds is 3. The Bertz CT molecular complexity index is 134. The van der Waals surface area contributed by atoms with Gasteiger partial charge in [-0.15, -0.1) is 0 Å². The molecule has 0 aliphatic carbocycles. The van der Waals surface area contributed by atoms with Gasteiger partial charge in [0.2, 0.25) is 0 Å². The molecule has 0 heterocycles. The van der Waals surface area contributed by atoms with E-state index in [-0.39, 0.29) is 6.04 Å². The number of hydrogen-bond acceptors (Lipinski definition) is 2. The molecule has 0 bridgehead atoms. The van der Waals surface area contributed by atoms with Crippen LogP contribution in [0.2, 0.25) is 0 Å². The van der Waals surface area contributed by atoms with Crippen LogP contribution in [0.5, 0.6) is 0 Å². The molecule has 1 unspecified atom stereocenters. The van der Waals surface area contributed by atoms with Crippen LogP contribution in [-0.4, -0.2) is 11.8 Å². The molecule has 0 rings (SSSR count). The lowest BCUT2D eigenvalue weighted by atomic mass is 10.2. The second kappa shape index (κ2) is 5.18. The van der Waals surface area contributed by atoms with E-state index in [0.717, 1.165) is 12.1 Å². The highest BCUT2D eigenvalue weighted by atomic mass is 14.7. The average molecular weight is 140 g/mol. The van der Waals surface area contributed by atoms with Gasteiger partial charge in [-0.05, 0) is 20.8 Å². The lowest BCUT2D eigenvalue weighted by Crippen LogP contribution is -2.17. The maximum atomic E-state index is 5.56. The minimum atomic E-state index is 0.217. The molecule has 2 nitrogen and oxygen atoms in total. The average Bonchev–Trinajstić information content (AvgIpc) is 1.82. The van der Waals surface area contributed by atoms with Crippen LogP contribution < -0.4 is 5.73 Å². The molecular formula is C8H16N2. The highest BCUT2D eigenvalue weighted by Gasteiger charge is 1.94. The van der Waals surface area contributed by atoms with Gasteiger partial charge in [0.1, 0.15) is 0 Å². The maximum Gasteiger partial charge on any atom is 0.0224 e. The predicted octanol–water partition coefficient (Wildman–Crippen LogP) is 1.72. The van der Waals surface area contributed by atoms with Crippen molar-refractivity contribution in [1.29, 1.82) is 0 Å². The van der Waals surface area contributed by atoms with Gasteiger partial charge in [-0.3, -0.25) is 4.99 Å². The molecule has 0 fully saturated rings. The Balaban J connectivity index is 3.71. The standard InChI is InChI=1S/C8H16N2/c1-4-5-10-8(3)6-7(2)9/h4-5,7H,6,9H2,1-3H3/b5-4-,10-8+. The van der Waals surface area contributed by atoms with Crippen molar-refractivity contribution in [3.63, 3.8) is 0 Å². The molecule has 0 aromatic rings. The van der Waals surface area contributed by atoms with E-state index in [9.17, 15) is 0 Å². The number of allylic oxidation sites excluding steroid dienone is 1. The molecule has 0 aliphatic heterocycles. The van der Waals surface area contributed by atoms with E-state index in [1.807, 2.05) is 26.8 Å². The number of nitrogens with zero attached hydrogens (tertiary/aromatic N) is 1. The second-order valence-electron chi connectivity index (χ2n) is 2.53. The predicted molar refractivity (Wildman–Crippen MR) is 46.2 cm³/mol. The quantitative estimate of drug-likeness (QED) is 0.595. The lowest BCUT2D eigenvalue weighted by Gasteiger charge is -2.01. The monoisotopic (exact) mass is 140 g/mol. The lowest BCUT2D eigenvalue weighted by molar-refractivity contribution is 0.777. The number of hydrogen-bond donors (Lipinski definition) is 1. The van der Waals surface area contributed by atoms with Crippen LogP contribution >= 0.6 is 0 Å². The summed E-state index contributed by atoms with van der Waals surface area (Å²) in [5.74, 6) is 0. The first kappa shape index (κ1) is 9.37. The second-order valence-corrected chi connectivity index (χ2v) is 2.53. The van der Waals surface area contributed by atoms with Crippen LogP contribution in [0.15, 0.2) is 17.3 Å². The third-order valence-corrected chi connectivity index (χ3v) is 1.06. The molecule has 0 saturated carbocycles. The normalized spacial score (nSPS) is 16.2. The minimum absolute atomic E-state index is 0.217. The van der Waals surface area contributed by atoms with Gasteiger partial charge in [0, 0.05) is 24.4 Å². The summed E-state index contributed by atoms with van der Waals surface area (Å²) >= 11 is 0. The summed E-state index contributed by atoms with van der Waals surface area (Å²) in [5, 5.41) is 0. The smallest absolute Gasteiger partial charge is 0.0224 e. The Hall–Kier alpha value is -0.630. The first-order chi connectivity index (χ1) is 4.66. The fraction of sp³-hybridized carbons (Fsp3) is 0.625. The zero-order chi connectivity index (χ0) is 7.98. The van der Waals surface area contributed by atoms with E-state index >= 15 is 0 Å². The van der Waals surface area contributed by atoms with E-state index in [2.05, 4.69) is 4.99 Å². The Morgan fingerprint density at radius 2 is 2.30 bits per heavy atom. The molecule has 0 spiro atoms. The summed E-state index contributed by atoms with van der Waals surface area (Å²) in [4.78, 5) is 4.14. The minimum Gasteiger partial charge on any atom is -0.328 e. The van der Waals surface area contributed by atoms with Crippen LogP contribution in [0.4, 0.5) is 0 Å². The summed E-state index contributed by atoms with van der Waals surface area (Å²) in [6.07, 6.45) is 4.58. The largest absolute Gasteiger partial charge is 0.328 e. The Morgan fingerprint density at radius 3 is 2.70 bits per heavy atom. The van der Waals surface area contributed by atoms with E-state index in [0.29, 0.717) is 0 Å². The molecule has 0 saturated heterocycles. The Labute approximate surface area is 62.8 Å². The fourth-order valence-electron chi connectivity index (χ4n) is 0.720. The van der Waals surface area contributed by atoms with Gasteiger partial charge in [-0.25, -0.2) is 0 Å². The molecule has 1 atom stereocenters. The summed E-state index contributed by atoms with van der Waals surface area (Å²) in [5.41, 5.74) is 6.65. The summed E-state index contributed by atoms with van der Waals surface area (Å²) in [6, 6.07) is 0.217. The van der Waals surface area contributed by atoms with E-state index < -0.39 is 0 Å². The fourth-order valence-corrected chi connectivity index (χ4v) is 0.720. The van der Waals surface area contributed by atoms with Gasteiger partial charge < -0.3 is 5.73 Å². The zero-order valence-corrected chi connectivity index (χ0v) is 6.96. The first-order valence-corrected chi connectivity index (χ1v) is 3.56. The van der Waals surface area contributed by atoms with E-state index in [1.165, 1.54) is 0 Å². The third kappa shape index (κ3) is 5.51. The number of nitrogens with two attached hydrogens (primary N) is 1. The molecule has 2 heteroatoms. The van der Waals surface area contributed by atoms with Gasteiger partial charge in [-0.1, -0.05) is 6.08 Å².